The molecule has 2 fully saturated rings. The Hall–Kier alpha value is -1.08. The lowest BCUT2D eigenvalue weighted by atomic mass is 9.84. The van der Waals surface area contributed by atoms with Crippen LogP contribution in [0.5, 0.6) is 0 Å². The van der Waals surface area contributed by atoms with Crippen molar-refractivity contribution in [3.05, 3.63) is 0 Å². The Morgan fingerprint density at radius 3 is 2.39 bits per heavy atom. The van der Waals surface area contributed by atoms with Crippen LogP contribution in [0.25, 0.3) is 0 Å². The van der Waals surface area contributed by atoms with E-state index in [1.807, 2.05) is 11.8 Å². The molecule has 2 rings (SSSR count). The summed E-state index contributed by atoms with van der Waals surface area (Å²) in [4.78, 5) is 14.3. The van der Waals surface area contributed by atoms with Crippen molar-refractivity contribution in [2.24, 2.45) is 11.3 Å². The molecule has 1 N–H and O–H groups in total. The first-order chi connectivity index (χ1) is 8.59. The minimum Gasteiger partial charge on any atom is -0.393 e. The number of rotatable bonds is 2. The summed E-state index contributed by atoms with van der Waals surface area (Å²) in [6.07, 6.45) is 4.83. The zero-order valence-corrected chi connectivity index (χ0v) is 11.1. The van der Waals surface area contributed by atoms with E-state index in [0.717, 1.165) is 38.5 Å². The molecular formula is C14H22N2O2. The van der Waals surface area contributed by atoms with Gasteiger partial charge in [-0.3, -0.25) is 4.79 Å². The first kappa shape index (κ1) is 13.4. The summed E-state index contributed by atoms with van der Waals surface area (Å²) in [6.45, 7) is 3.20. The van der Waals surface area contributed by atoms with E-state index >= 15 is 0 Å². The van der Waals surface area contributed by atoms with Crippen LogP contribution >= 0.6 is 0 Å². The van der Waals surface area contributed by atoms with Gasteiger partial charge in [0.15, 0.2) is 0 Å². The Bertz CT molecular complexity index is 345. The van der Waals surface area contributed by atoms with Crippen LogP contribution in [-0.4, -0.2) is 35.1 Å². The SMILES string of the molecule is CC(O)C1CCN(C(=O)C2(C#N)CCCC2)CC1. The fraction of sp³-hybridized carbons (Fsp3) is 0.857. The second-order valence-corrected chi connectivity index (χ2v) is 5.77. The summed E-state index contributed by atoms with van der Waals surface area (Å²) in [5.74, 6) is 0.335. The molecule has 0 spiro atoms. The van der Waals surface area contributed by atoms with E-state index in [1.54, 1.807) is 0 Å². The first-order valence-corrected chi connectivity index (χ1v) is 6.98. The lowest BCUT2D eigenvalue weighted by Crippen LogP contribution is -2.47. The second-order valence-electron chi connectivity index (χ2n) is 5.77. The van der Waals surface area contributed by atoms with Gasteiger partial charge in [-0.15, -0.1) is 0 Å². The summed E-state index contributed by atoms with van der Waals surface area (Å²) < 4.78 is 0. The molecule has 4 nitrogen and oxygen atoms in total. The maximum atomic E-state index is 12.5. The summed E-state index contributed by atoms with van der Waals surface area (Å²) >= 11 is 0. The fourth-order valence-corrected chi connectivity index (χ4v) is 3.24. The van der Waals surface area contributed by atoms with Crippen molar-refractivity contribution in [2.75, 3.05) is 13.1 Å². The van der Waals surface area contributed by atoms with Crippen molar-refractivity contribution >= 4 is 5.91 Å². The number of carbonyl (C=O) groups is 1. The van der Waals surface area contributed by atoms with E-state index in [4.69, 9.17) is 0 Å². The third-order valence-corrected chi connectivity index (χ3v) is 4.59. The van der Waals surface area contributed by atoms with Crippen LogP contribution in [0.1, 0.15) is 45.4 Å². The molecule has 0 aromatic rings. The van der Waals surface area contributed by atoms with Crippen LogP contribution in [0.15, 0.2) is 0 Å². The zero-order valence-electron chi connectivity index (χ0n) is 11.1. The Kier molecular flexibility index (Phi) is 3.91. The third kappa shape index (κ3) is 2.37. The molecule has 1 saturated carbocycles. The van der Waals surface area contributed by atoms with Crippen molar-refractivity contribution in [1.29, 1.82) is 5.26 Å². The standard InChI is InChI=1S/C14H22N2O2/c1-11(17)12-4-8-16(9-5-12)13(18)14(10-15)6-2-3-7-14/h11-12,17H,2-9H2,1H3. The molecule has 0 radical (unpaired) electrons. The van der Waals surface area contributed by atoms with Crippen molar-refractivity contribution in [3.8, 4) is 6.07 Å². The van der Waals surface area contributed by atoms with Crippen molar-refractivity contribution in [2.45, 2.75) is 51.6 Å². The lowest BCUT2D eigenvalue weighted by Gasteiger charge is -2.36. The minimum absolute atomic E-state index is 0.0338. The van der Waals surface area contributed by atoms with Gasteiger partial charge in [0.2, 0.25) is 5.91 Å². The average Bonchev–Trinajstić information content (AvgIpc) is 2.88. The summed E-state index contributed by atoms with van der Waals surface area (Å²) in [6, 6.07) is 2.27. The fourth-order valence-electron chi connectivity index (χ4n) is 3.24. The van der Waals surface area contributed by atoms with Gasteiger partial charge in [-0.05, 0) is 38.5 Å². The first-order valence-electron chi connectivity index (χ1n) is 6.98. The number of aliphatic hydroxyl groups is 1. The largest absolute Gasteiger partial charge is 0.393 e. The highest BCUT2D eigenvalue weighted by Crippen LogP contribution is 2.39. The van der Waals surface area contributed by atoms with Gasteiger partial charge in [0.25, 0.3) is 0 Å². The quantitative estimate of drug-likeness (QED) is 0.811. The molecule has 18 heavy (non-hydrogen) atoms. The highest BCUT2D eigenvalue weighted by molar-refractivity contribution is 5.85. The van der Waals surface area contributed by atoms with E-state index in [1.165, 1.54) is 0 Å². The van der Waals surface area contributed by atoms with Gasteiger partial charge in [0.1, 0.15) is 5.41 Å². The van der Waals surface area contributed by atoms with Gasteiger partial charge in [0.05, 0.1) is 12.2 Å². The van der Waals surface area contributed by atoms with Gasteiger partial charge < -0.3 is 10.0 Å². The molecule has 1 aliphatic carbocycles. The smallest absolute Gasteiger partial charge is 0.243 e. The number of carbonyl (C=O) groups excluding carboxylic acids is 1. The van der Waals surface area contributed by atoms with Crippen LogP contribution in [0.3, 0.4) is 0 Å². The predicted octanol–water partition coefficient (Wildman–Crippen LogP) is 1.69. The Morgan fingerprint density at radius 2 is 1.94 bits per heavy atom. The van der Waals surface area contributed by atoms with E-state index in [2.05, 4.69) is 6.07 Å². The van der Waals surface area contributed by atoms with E-state index in [-0.39, 0.29) is 12.0 Å². The molecule has 1 heterocycles. The molecule has 0 bridgehead atoms. The van der Waals surface area contributed by atoms with Crippen LogP contribution < -0.4 is 0 Å². The molecule has 1 aliphatic heterocycles. The van der Waals surface area contributed by atoms with Gasteiger partial charge in [-0.1, -0.05) is 12.8 Å². The monoisotopic (exact) mass is 250 g/mol. The Balaban J connectivity index is 1.97. The summed E-state index contributed by atoms with van der Waals surface area (Å²) in [5, 5.41) is 18.9. The number of nitriles is 1. The molecule has 2 aliphatic rings. The van der Waals surface area contributed by atoms with E-state index in [9.17, 15) is 15.2 Å². The van der Waals surface area contributed by atoms with Gasteiger partial charge in [-0.2, -0.15) is 5.26 Å². The molecule has 1 atom stereocenters. The summed E-state index contributed by atoms with van der Waals surface area (Å²) in [5.41, 5.74) is -0.738. The molecule has 100 valence electrons. The van der Waals surface area contributed by atoms with Crippen LogP contribution in [0.2, 0.25) is 0 Å². The molecule has 1 unspecified atom stereocenters. The van der Waals surface area contributed by atoms with Crippen molar-refractivity contribution < 1.29 is 9.90 Å². The zero-order chi connectivity index (χ0) is 13.2. The Labute approximate surface area is 109 Å². The van der Waals surface area contributed by atoms with E-state index < -0.39 is 5.41 Å². The highest BCUT2D eigenvalue weighted by atomic mass is 16.3. The third-order valence-electron chi connectivity index (χ3n) is 4.59. The molecule has 0 aromatic heterocycles. The normalized spacial score (nSPS) is 25.7. The second kappa shape index (κ2) is 5.27. The van der Waals surface area contributed by atoms with Gasteiger partial charge >= 0.3 is 0 Å². The number of likely N-dealkylation sites (tertiary alicyclic amines) is 1. The van der Waals surface area contributed by atoms with Crippen molar-refractivity contribution in [1.82, 2.24) is 4.90 Å². The summed E-state index contributed by atoms with van der Waals surface area (Å²) in [7, 11) is 0. The van der Waals surface area contributed by atoms with Crippen LogP contribution in [0, 0.1) is 22.7 Å². The molecular weight excluding hydrogens is 228 g/mol. The topological polar surface area (TPSA) is 64.3 Å². The Morgan fingerprint density at radius 1 is 1.39 bits per heavy atom. The van der Waals surface area contributed by atoms with Crippen LogP contribution in [-0.2, 0) is 4.79 Å². The highest BCUT2D eigenvalue weighted by Gasteiger charge is 2.44. The number of amides is 1. The number of hydrogen-bond donors (Lipinski definition) is 1. The predicted molar refractivity (Wildman–Crippen MR) is 67.5 cm³/mol. The van der Waals surface area contributed by atoms with Crippen LogP contribution in [0.4, 0.5) is 0 Å². The van der Waals surface area contributed by atoms with Gasteiger partial charge in [-0.25, -0.2) is 0 Å². The number of piperidine rings is 1. The molecule has 0 aromatic carbocycles. The van der Waals surface area contributed by atoms with E-state index in [0.29, 0.717) is 19.0 Å². The molecule has 4 heteroatoms. The number of nitrogens with zero attached hydrogens (tertiary/aromatic N) is 2. The average molecular weight is 250 g/mol. The number of aliphatic hydroxyl groups excluding tert-OH is 1. The number of hydrogen-bond acceptors (Lipinski definition) is 3. The maximum Gasteiger partial charge on any atom is 0.243 e. The van der Waals surface area contributed by atoms with Crippen molar-refractivity contribution in [3.63, 3.8) is 0 Å². The minimum atomic E-state index is -0.738. The molecule has 1 saturated heterocycles. The lowest BCUT2D eigenvalue weighted by molar-refractivity contribution is -0.140. The molecule has 1 amide bonds. The van der Waals surface area contributed by atoms with Gasteiger partial charge in [0, 0.05) is 13.1 Å². The maximum absolute atomic E-state index is 12.5.